The Balaban J connectivity index is 2.51. The number of nitrogens with one attached hydrogen (secondary N) is 1. The van der Waals surface area contributed by atoms with E-state index in [0.717, 1.165) is 12.8 Å². The molecule has 14 heavy (non-hydrogen) atoms. The van der Waals surface area contributed by atoms with E-state index in [1.165, 1.54) is 6.08 Å². The van der Waals surface area contributed by atoms with Gasteiger partial charge in [0.2, 0.25) is 5.91 Å². The molecule has 1 aliphatic carbocycles. The highest BCUT2D eigenvalue weighted by molar-refractivity contribution is 5.88. The van der Waals surface area contributed by atoms with Crippen molar-refractivity contribution < 1.29 is 14.7 Å². The minimum atomic E-state index is -0.812. The van der Waals surface area contributed by atoms with E-state index < -0.39 is 11.9 Å². The zero-order chi connectivity index (χ0) is 10.6. The monoisotopic (exact) mass is 197 g/mol. The van der Waals surface area contributed by atoms with Gasteiger partial charge in [-0.05, 0) is 25.8 Å². The highest BCUT2D eigenvalue weighted by atomic mass is 16.4. The molecule has 2 N–H and O–H groups in total. The normalized spacial score (nSPS) is 26.6. The Bertz CT molecular complexity index is 260. The number of rotatable bonds is 3. The van der Waals surface area contributed by atoms with Gasteiger partial charge in [0.25, 0.3) is 0 Å². The minimum Gasteiger partial charge on any atom is -0.481 e. The molecule has 2 unspecified atom stereocenters. The van der Waals surface area contributed by atoms with Crippen LogP contribution in [0.3, 0.4) is 0 Å². The molecule has 0 aromatic heterocycles. The molecule has 1 aliphatic rings. The number of amides is 1. The summed E-state index contributed by atoms with van der Waals surface area (Å²) in [7, 11) is 0. The van der Waals surface area contributed by atoms with Crippen LogP contribution in [-0.4, -0.2) is 23.0 Å². The van der Waals surface area contributed by atoms with Gasteiger partial charge < -0.3 is 10.4 Å². The van der Waals surface area contributed by atoms with Gasteiger partial charge in [0, 0.05) is 6.04 Å². The number of carboxylic acids is 1. The molecule has 78 valence electrons. The van der Waals surface area contributed by atoms with Gasteiger partial charge in [-0.1, -0.05) is 12.5 Å². The third-order valence-electron chi connectivity index (χ3n) is 2.48. The summed E-state index contributed by atoms with van der Waals surface area (Å²) in [6.07, 6.45) is 5.35. The number of carboxylic acid groups (broad SMARTS) is 1. The van der Waals surface area contributed by atoms with Crippen LogP contribution in [0.15, 0.2) is 12.2 Å². The van der Waals surface area contributed by atoms with Crippen LogP contribution in [0.5, 0.6) is 0 Å². The third kappa shape index (κ3) is 2.58. The minimum absolute atomic E-state index is 0.198. The van der Waals surface area contributed by atoms with Gasteiger partial charge in [-0.3, -0.25) is 9.59 Å². The Hall–Kier alpha value is -1.32. The first-order chi connectivity index (χ1) is 6.65. The second-order valence-corrected chi connectivity index (χ2v) is 3.49. The van der Waals surface area contributed by atoms with Crippen LogP contribution >= 0.6 is 0 Å². The number of allylic oxidation sites excluding steroid dienone is 1. The zero-order valence-electron chi connectivity index (χ0n) is 8.19. The summed E-state index contributed by atoms with van der Waals surface area (Å²) in [4.78, 5) is 22.0. The quantitative estimate of drug-likeness (QED) is 0.661. The summed E-state index contributed by atoms with van der Waals surface area (Å²) in [5.74, 6) is -1.43. The fourth-order valence-corrected chi connectivity index (χ4v) is 1.81. The number of aliphatic carboxylic acids is 1. The van der Waals surface area contributed by atoms with Crippen molar-refractivity contribution in [2.75, 3.05) is 0 Å². The summed E-state index contributed by atoms with van der Waals surface area (Å²) >= 11 is 0. The number of carbonyl (C=O) groups excluding carboxylic acids is 1. The lowest BCUT2D eigenvalue weighted by molar-refractivity contribution is -0.142. The molecular weight excluding hydrogens is 182 g/mol. The van der Waals surface area contributed by atoms with Crippen LogP contribution in [0.1, 0.15) is 26.2 Å². The maximum Gasteiger partial charge on any atom is 0.308 e. The van der Waals surface area contributed by atoms with Crippen molar-refractivity contribution in [1.82, 2.24) is 5.32 Å². The second kappa shape index (κ2) is 4.79. The summed E-state index contributed by atoms with van der Waals surface area (Å²) in [5, 5.41) is 11.6. The van der Waals surface area contributed by atoms with Crippen LogP contribution in [-0.2, 0) is 9.59 Å². The molecule has 0 spiro atoms. The first-order valence-electron chi connectivity index (χ1n) is 4.81. The molecule has 0 aromatic carbocycles. The Labute approximate surface area is 83.0 Å². The van der Waals surface area contributed by atoms with Gasteiger partial charge in [0.15, 0.2) is 0 Å². The molecule has 1 fully saturated rings. The van der Waals surface area contributed by atoms with Crippen LogP contribution < -0.4 is 5.32 Å². The standard InChI is InChI=1S/C10H15NO3/c1-2-4-9(12)11-8-6-3-5-7(8)10(13)14/h2,4,7-8H,3,5-6H2,1H3,(H,11,12)(H,13,14). The Morgan fingerprint density at radius 2 is 2.14 bits per heavy atom. The first kappa shape index (κ1) is 10.8. The van der Waals surface area contributed by atoms with E-state index in [2.05, 4.69) is 5.32 Å². The smallest absolute Gasteiger partial charge is 0.308 e. The lowest BCUT2D eigenvalue weighted by atomic mass is 10.0. The fraction of sp³-hybridized carbons (Fsp3) is 0.600. The number of hydrogen-bond donors (Lipinski definition) is 2. The SMILES string of the molecule is CC=CC(=O)NC1CCCC1C(=O)O. The van der Waals surface area contributed by atoms with Crippen LogP contribution in [0.4, 0.5) is 0 Å². The zero-order valence-corrected chi connectivity index (χ0v) is 8.19. The highest BCUT2D eigenvalue weighted by Crippen LogP contribution is 2.25. The Morgan fingerprint density at radius 1 is 1.43 bits per heavy atom. The average Bonchev–Trinajstić information content (AvgIpc) is 2.52. The van der Waals surface area contributed by atoms with E-state index in [0.29, 0.717) is 6.42 Å². The van der Waals surface area contributed by atoms with Crippen molar-refractivity contribution in [1.29, 1.82) is 0 Å². The predicted octanol–water partition coefficient (Wildman–Crippen LogP) is 0.932. The lowest BCUT2D eigenvalue weighted by Crippen LogP contribution is -2.39. The van der Waals surface area contributed by atoms with Crippen molar-refractivity contribution in [3.05, 3.63) is 12.2 Å². The molecule has 4 heteroatoms. The summed E-state index contributed by atoms with van der Waals surface area (Å²) < 4.78 is 0. The molecule has 0 aromatic rings. The molecule has 1 saturated carbocycles. The highest BCUT2D eigenvalue weighted by Gasteiger charge is 2.33. The van der Waals surface area contributed by atoms with Crippen molar-refractivity contribution in [2.24, 2.45) is 5.92 Å². The average molecular weight is 197 g/mol. The molecule has 0 aliphatic heterocycles. The van der Waals surface area contributed by atoms with E-state index >= 15 is 0 Å². The Morgan fingerprint density at radius 3 is 2.71 bits per heavy atom. The molecule has 0 saturated heterocycles. The maximum atomic E-state index is 11.2. The van der Waals surface area contributed by atoms with Crippen molar-refractivity contribution in [2.45, 2.75) is 32.2 Å². The van der Waals surface area contributed by atoms with Gasteiger partial charge in [0.05, 0.1) is 5.92 Å². The van der Waals surface area contributed by atoms with E-state index in [1.54, 1.807) is 13.0 Å². The van der Waals surface area contributed by atoms with Gasteiger partial charge in [-0.25, -0.2) is 0 Å². The van der Waals surface area contributed by atoms with Crippen LogP contribution in [0, 0.1) is 5.92 Å². The third-order valence-corrected chi connectivity index (χ3v) is 2.48. The molecule has 0 bridgehead atoms. The first-order valence-corrected chi connectivity index (χ1v) is 4.81. The topological polar surface area (TPSA) is 66.4 Å². The molecule has 1 amide bonds. The van der Waals surface area contributed by atoms with Crippen LogP contribution in [0.2, 0.25) is 0 Å². The molecule has 1 rings (SSSR count). The van der Waals surface area contributed by atoms with E-state index in [-0.39, 0.29) is 11.9 Å². The van der Waals surface area contributed by atoms with Gasteiger partial charge in [-0.2, -0.15) is 0 Å². The molecular formula is C10H15NO3. The van der Waals surface area contributed by atoms with Crippen LogP contribution in [0.25, 0.3) is 0 Å². The van der Waals surface area contributed by atoms with Crippen molar-refractivity contribution in [3.63, 3.8) is 0 Å². The second-order valence-electron chi connectivity index (χ2n) is 3.49. The molecule has 0 heterocycles. The van der Waals surface area contributed by atoms with E-state index in [4.69, 9.17) is 5.11 Å². The number of hydrogen-bond acceptors (Lipinski definition) is 2. The van der Waals surface area contributed by atoms with Crippen molar-refractivity contribution in [3.8, 4) is 0 Å². The van der Waals surface area contributed by atoms with E-state index in [9.17, 15) is 9.59 Å². The van der Waals surface area contributed by atoms with Gasteiger partial charge in [0.1, 0.15) is 0 Å². The summed E-state index contributed by atoms with van der Waals surface area (Å²) in [5.41, 5.74) is 0. The Kier molecular flexibility index (Phi) is 3.68. The maximum absolute atomic E-state index is 11.2. The summed E-state index contributed by atoms with van der Waals surface area (Å²) in [6.45, 7) is 1.75. The van der Waals surface area contributed by atoms with E-state index in [1.807, 2.05) is 0 Å². The van der Waals surface area contributed by atoms with Gasteiger partial charge in [-0.15, -0.1) is 0 Å². The fourth-order valence-electron chi connectivity index (χ4n) is 1.81. The molecule has 0 radical (unpaired) electrons. The number of carbonyl (C=O) groups is 2. The van der Waals surface area contributed by atoms with Crippen molar-refractivity contribution >= 4 is 11.9 Å². The molecule has 4 nitrogen and oxygen atoms in total. The van der Waals surface area contributed by atoms with Gasteiger partial charge >= 0.3 is 5.97 Å². The summed E-state index contributed by atoms with van der Waals surface area (Å²) in [6, 6.07) is -0.198. The molecule has 2 atom stereocenters. The largest absolute Gasteiger partial charge is 0.481 e. The predicted molar refractivity (Wildman–Crippen MR) is 51.7 cm³/mol. The lowest BCUT2D eigenvalue weighted by Gasteiger charge is -2.16.